The number of aromatic amines is 1. The van der Waals surface area contributed by atoms with E-state index < -0.39 is 29.6 Å². The molecule has 0 radical (unpaired) electrons. The summed E-state index contributed by atoms with van der Waals surface area (Å²) in [5.41, 5.74) is 2.57. The Bertz CT molecular complexity index is 2020. The lowest BCUT2D eigenvalue weighted by Gasteiger charge is -2.13. The van der Waals surface area contributed by atoms with E-state index in [2.05, 4.69) is 15.5 Å². The van der Waals surface area contributed by atoms with Gasteiger partial charge in [0, 0.05) is 17.9 Å². The number of H-pyrrole nitrogens is 1. The van der Waals surface area contributed by atoms with Gasteiger partial charge >= 0.3 is 18.1 Å². The number of hydrazone groups is 1. The summed E-state index contributed by atoms with van der Waals surface area (Å²) in [5.74, 6) is -1.47. The minimum Gasteiger partial charge on any atom is -0.493 e. The zero-order valence-electron chi connectivity index (χ0n) is 25.8. The molecule has 5 aromatic rings. The van der Waals surface area contributed by atoms with Crippen LogP contribution in [0.5, 0.6) is 23.0 Å². The molecule has 1 aromatic heterocycles. The molecule has 0 bridgehead atoms. The Kier molecular flexibility index (Phi) is 9.78. The zero-order chi connectivity index (χ0) is 34.4. The maximum atomic E-state index is 13.8. The summed E-state index contributed by atoms with van der Waals surface area (Å²) in [4.78, 5) is 40.2. The largest absolute Gasteiger partial charge is 0.493 e. The standard InChI is InChI=1S/C35H28F3N3O7/c1-4-46-29-17-21(13-15-27(29)48-34(44)23-14-16-26(47-20(2)42)28(18-23)45-3)19-39-41-33(43)32-30(22-9-6-5-7-10-22)24-11-8-12-25(31(24)40-32)35(36,37)38/h5-19,40H,4H2,1-3H3,(H,41,43). The van der Waals surface area contributed by atoms with Crippen LogP contribution in [0, 0.1) is 0 Å². The van der Waals surface area contributed by atoms with Crippen LogP contribution in [0.4, 0.5) is 13.2 Å². The second kappa shape index (κ2) is 14.1. The minimum absolute atomic E-state index is 0.0945. The molecule has 0 spiro atoms. The van der Waals surface area contributed by atoms with Gasteiger partial charge in [-0.3, -0.25) is 9.59 Å². The second-order valence-corrected chi connectivity index (χ2v) is 10.2. The van der Waals surface area contributed by atoms with Crippen molar-refractivity contribution >= 4 is 35.0 Å². The number of methoxy groups -OCH3 is 1. The number of amides is 1. The van der Waals surface area contributed by atoms with E-state index >= 15 is 0 Å². The van der Waals surface area contributed by atoms with Crippen molar-refractivity contribution in [2.45, 2.75) is 20.0 Å². The number of fused-ring (bicyclic) bond motifs is 1. The fourth-order valence-corrected chi connectivity index (χ4v) is 4.90. The molecule has 0 aliphatic rings. The number of nitrogens with zero attached hydrogens (tertiary/aromatic N) is 1. The first kappa shape index (κ1) is 33.3. The Labute approximate surface area is 272 Å². The van der Waals surface area contributed by atoms with Crippen LogP contribution in [-0.4, -0.2) is 42.8 Å². The number of aromatic nitrogens is 1. The molecule has 246 valence electrons. The van der Waals surface area contributed by atoms with Crippen LogP contribution in [0.2, 0.25) is 0 Å². The summed E-state index contributed by atoms with van der Waals surface area (Å²) in [7, 11) is 1.36. The van der Waals surface area contributed by atoms with Crippen LogP contribution in [0.15, 0.2) is 90.0 Å². The van der Waals surface area contributed by atoms with Crippen molar-refractivity contribution < 1.29 is 46.5 Å². The topological polar surface area (TPSA) is 128 Å². The van der Waals surface area contributed by atoms with E-state index in [1.807, 2.05) is 0 Å². The summed E-state index contributed by atoms with van der Waals surface area (Å²) in [6.45, 7) is 3.20. The first-order valence-corrected chi connectivity index (χ1v) is 14.5. The molecule has 0 aliphatic heterocycles. The van der Waals surface area contributed by atoms with Crippen LogP contribution >= 0.6 is 0 Å². The van der Waals surface area contributed by atoms with E-state index in [1.165, 1.54) is 62.7 Å². The Hall–Kier alpha value is -6.11. The van der Waals surface area contributed by atoms with Gasteiger partial charge < -0.3 is 23.9 Å². The van der Waals surface area contributed by atoms with Crippen LogP contribution in [0.1, 0.15) is 45.8 Å². The molecule has 2 N–H and O–H groups in total. The maximum Gasteiger partial charge on any atom is 0.418 e. The Morgan fingerprint density at radius 2 is 1.60 bits per heavy atom. The van der Waals surface area contributed by atoms with Gasteiger partial charge in [-0.2, -0.15) is 18.3 Å². The molecule has 0 fully saturated rings. The van der Waals surface area contributed by atoms with Gasteiger partial charge in [0.25, 0.3) is 5.91 Å². The molecule has 0 atom stereocenters. The van der Waals surface area contributed by atoms with Crippen LogP contribution in [-0.2, 0) is 11.0 Å². The molecule has 0 aliphatic carbocycles. The van der Waals surface area contributed by atoms with Gasteiger partial charge in [0.05, 0.1) is 36.6 Å². The molecule has 1 amide bonds. The summed E-state index contributed by atoms with van der Waals surface area (Å²) >= 11 is 0. The van der Waals surface area contributed by atoms with Crippen molar-refractivity contribution in [1.82, 2.24) is 10.4 Å². The molecular formula is C35H28F3N3O7. The fourth-order valence-electron chi connectivity index (χ4n) is 4.90. The van der Waals surface area contributed by atoms with Crippen molar-refractivity contribution in [2.75, 3.05) is 13.7 Å². The molecule has 10 nitrogen and oxygen atoms in total. The highest BCUT2D eigenvalue weighted by atomic mass is 19.4. The molecule has 5 rings (SSSR count). The van der Waals surface area contributed by atoms with E-state index in [-0.39, 0.29) is 51.8 Å². The average Bonchev–Trinajstić information content (AvgIpc) is 3.46. The maximum absolute atomic E-state index is 13.8. The van der Waals surface area contributed by atoms with Crippen molar-refractivity contribution in [3.05, 3.63) is 107 Å². The number of esters is 2. The summed E-state index contributed by atoms with van der Waals surface area (Å²) in [6, 6.07) is 21.1. The molecule has 0 saturated carbocycles. The SMILES string of the molecule is CCOc1cc(C=NNC(=O)c2[nH]c3c(C(F)(F)F)cccc3c2-c2ccccc2)ccc1OC(=O)c1ccc(OC(C)=O)c(OC)c1. The summed E-state index contributed by atoms with van der Waals surface area (Å²) in [5, 5.41) is 4.23. The van der Waals surface area contributed by atoms with Crippen LogP contribution < -0.4 is 24.4 Å². The number of para-hydroxylation sites is 1. The molecule has 1 heterocycles. The Morgan fingerprint density at radius 1 is 0.875 bits per heavy atom. The highest BCUT2D eigenvalue weighted by Gasteiger charge is 2.34. The lowest BCUT2D eigenvalue weighted by Crippen LogP contribution is -2.19. The highest BCUT2D eigenvalue weighted by molar-refractivity contribution is 6.10. The van der Waals surface area contributed by atoms with Crippen LogP contribution in [0.3, 0.4) is 0 Å². The molecule has 4 aromatic carbocycles. The van der Waals surface area contributed by atoms with Gasteiger partial charge in [0.1, 0.15) is 5.69 Å². The minimum atomic E-state index is -4.65. The zero-order valence-corrected chi connectivity index (χ0v) is 25.8. The van der Waals surface area contributed by atoms with Gasteiger partial charge in [0.15, 0.2) is 23.0 Å². The van der Waals surface area contributed by atoms with Crippen LogP contribution in [0.25, 0.3) is 22.0 Å². The normalized spacial score (nSPS) is 11.4. The van der Waals surface area contributed by atoms with E-state index in [4.69, 9.17) is 18.9 Å². The van der Waals surface area contributed by atoms with E-state index in [0.717, 1.165) is 6.07 Å². The van der Waals surface area contributed by atoms with E-state index in [9.17, 15) is 27.6 Å². The Balaban J connectivity index is 1.37. The number of benzene rings is 4. The van der Waals surface area contributed by atoms with Crippen molar-refractivity contribution in [3.8, 4) is 34.1 Å². The number of alkyl halides is 3. The average molecular weight is 660 g/mol. The third kappa shape index (κ3) is 7.30. The number of carbonyl (C=O) groups excluding carboxylic acids is 3. The van der Waals surface area contributed by atoms with Gasteiger partial charge in [-0.25, -0.2) is 10.2 Å². The van der Waals surface area contributed by atoms with E-state index in [1.54, 1.807) is 43.3 Å². The van der Waals surface area contributed by atoms with Gasteiger partial charge in [-0.1, -0.05) is 42.5 Å². The smallest absolute Gasteiger partial charge is 0.418 e. The first-order valence-electron chi connectivity index (χ1n) is 14.5. The lowest BCUT2D eigenvalue weighted by molar-refractivity contribution is -0.136. The van der Waals surface area contributed by atoms with Gasteiger partial charge in [0.2, 0.25) is 0 Å². The molecule has 0 saturated heterocycles. The number of carbonyl (C=O) groups is 3. The lowest BCUT2D eigenvalue weighted by atomic mass is 10.0. The van der Waals surface area contributed by atoms with Gasteiger partial charge in [-0.15, -0.1) is 0 Å². The number of hydrogen-bond acceptors (Lipinski definition) is 8. The molecule has 0 unspecified atom stereocenters. The monoisotopic (exact) mass is 659 g/mol. The van der Waals surface area contributed by atoms with E-state index in [0.29, 0.717) is 16.7 Å². The molecular weight excluding hydrogens is 631 g/mol. The predicted molar refractivity (Wildman–Crippen MR) is 171 cm³/mol. The van der Waals surface area contributed by atoms with Crippen molar-refractivity contribution in [3.63, 3.8) is 0 Å². The third-order valence-electron chi connectivity index (χ3n) is 6.93. The van der Waals surface area contributed by atoms with Crippen molar-refractivity contribution in [1.29, 1.82) is 0 Å². The number of rotatable bonds is 10. The highest BCUT2D eigenvalue weighted by Crippen LogP contribution is 2.40. The fraction of sp³-hybridized carbons (Fsp3) is 0.143. The quantitative estimate of drug-likeness (QED) is 0.0704. The second-order valence-electron chi connectivity index (χ2n) is 10.2. The molecule has 48 heavy (non-hydrogen) atoms. The third-order valence-corrected chi connectivity index (χ3v) is 6.93. The first-order chi connectivity index (χ1) is 23.0. The number of ether oxygens (including phenoxy) is 4. The van der Waals surface area contributed by atoms with Gasteiger partial charge in [-0.05, 0) is 60.5 Å². The summed E-state index contributed by atoms with van der Waals surface area (Å²) in [6.07, 6.45) is -3.34. The summed E-state index contributed by atoms with van der Waals surface area (Å²) < 4.78 is 62.9. The number of halogens is 3. The predicted octanol–water partition coefficient (Wildman–Crippen LogP) is 7.17. The number of nitrogens with one attached hydrogen (secondary N) is 2. The van der Waals surface area contributed by atoms with Crippen molar-refractivity contribution in [2.24, 2.45) is 5.10 Å². The molecule has 13 heteroatoms. The number of hydrogen-bond donors (Lipinski definition) is 2. The Morgan fingerprint density at radius 3 is 2.29 bits per heavy atom.